The van der Waals surface area contributed by atoms with Gasteiger partial charge in [-0.3, -0.25) is 0 Å². The Labute approximate surface area is 306 Å². The largest absolute Gasteiger partial charge is 0.741 e. The Kier molecular flexibility index (Phi) is 11.8. The Morgan fingerprint density at radius 2 is 1.54 bits per heavy atom. The van der Waals surface area contributed by atoms with E-state index in [2.05, 4.69) is 119 Å². The third-order valence-corrected chi connectivity index (χ3v) is 10.1. The van der Waals surface area contributed by atoms with Gasteiger partial charge in [0.2, 0.25) is 5.35 Å². The van der Waals surface area contributed by atoms with Crippen LogP contribution in [0.2, 0.25) is 0 Å². The summed E-state index contributed by atoms with van der Waals surface area (Å²) >= 11 is 0. The van der Waals surface area contributed by atoms with E-state index in [1.54, 1.807) is 0 Å². The number of fused-ring (bicyclic) bond motifs is 6. The maximum atomic E-state index is 10.7. The average molecular weight is 796 g/mol. The minimum Gasteiger partial charge on any atom is -0.741 e. The minimum absolute atomic E-state index is 0.524. The highest BCUT2D eigenvalue weighted by molar-refractivity contribution is 7.86. The highest BCUT2D eigenvalue weighted by Crippen LogP contribution is 2.26. The molecule has 7 rings (SSSR count). The SMILES string of the molecule is CC(C)c1ccc2c(C=CC3=Cc4ccc5c(c4=c4cccc[n+]4=C3)=C3CCCC=[N+]3CCC5)c[nH]c2c1.O=S(=O)([O-])C(F)(F)F.O=S(=O)([O-])C(F)(F)F. The lowest BCUT2D eigenvalue weighted by Gasteiger charge is -2.10. The van der Waals surface area contributed by atoms with Crippen molar-refractivity contribution in [2.24, 2.45) is 0 Å². The molecular weight excluding hydrogens is 761 g/mol. The van der Waals surface area contributed by atoms with Gasteiger partial charge in [0.15, 0.2) is 38.3 Å². The number of aromatic nitrogens is 2. The fraction of sp³-hybridized carbons (Fsp3) is 0.297. The molecule has 288 valence electrons. The molecule has 0 radical (unpaired) electrons. The van der Waals surface area contributed by atoms with Crippen LogP contribution in [0.25, 0.3) is 28.8 Å². The Balaban J connectivity index is 0.000000295. The van der Waals surface area contributed by atoms with Crippen molar-refractivity contribution in [3.63, 3.8) is 0 Å². The van der Waals surface area contributed by atoms with E-state index in [1.807, 2.05) is 0 Å². The Hall–Kier alpha value is -4.58. The zero-order valence-electron chi connectivity index (χ0n) is 28.9. The first-order chi connectivity index (χ1) is 25.2. The minimum atomic E-state index is -6.09. The van der Waals surface area contributed by atoms with Crippen LogP contribution in [0.4, 0.5) is 26.3 Å². The number of hydrogen-bond acceptors (Lipinski definition) is 6. The second-order valence-electron chi connectivity index (χ2n) is 13.0. The van der Waals surface area contributed by atoms with Crippen molar-refractivity contribution in [1.29, 1.82) is 0 Å². The van der Waals surface area contributed by atoms with Crippen molar-refractivity contribution < 1.29 is 61.1 Å². The van der Waals surface area contributed by atoms with Crippen LogP contribution in [-0.4, -0.2) is 59.3 Å². The first kappa shape index (κ1) is 40.6. The molecule has 3 aliphatic heterocycles. The van der Waals surface area contributed by atoms with Gasteiger partial charge < -0.3 is 14.1 Å². The van der Waals surface area contributed by atoms with Gasteiger partial charge in [-0.1, -0.05) is 44.2 Å². The van der Waals surface area contributed by atoms with Crippen LogP contribution >= 0.6 is 0 Å². The third kappa shape index (κ3) is 9.19. The smallest absolute Gasteiger partial charge is 0.485 e. The number of halogens is 6. The van der Waals surface area contributed by atoms with Crippen molar-refractivity contribution in [3.8, 4) is 0 Å². The standard InChI is InChI=1S/C35H35N3.2CHF3O3S/c1-24(2)27-15-16-30-29(22-36-31(30)21-27)12-11-25-20-28-14-13-26-8-7-19-37-17-5-3-9-32(37)34(26)35(28)33-10-4-6-18-38(33)23-25;2*2-1(3,4)8(5,6)7/h4,6,10-18,20-24,36H,3,5,7-9,19H2,1-2H3;2*(H,5,6,7)/q+2;;/p-2. The lowest BCUT2D eigenvalue weighted by Crippen LogP contribution is -2.26. The molecule has 0 saturated heterocycles. The molecule has 0 atom stereocenters. The van der Waals surface area contributed by atoms with E-state index in [0.717, 1.165) is 19.4 Å². The van der Waals surface area contributed by atoms with Crippen molar-refractivity contribution >= 4 is 55.2 Å². The lowest BCUT2D eigenvalue weighted by molar-refractivity contribution is -0.519. The zero-order chi connectivity index (χ0) is 39.6. The number of allylic oxidation sites excluding steroid dienone is 2. The summed E-state index contributed by atoms with van der Waals surface area (Å²) in [6.07, 6.45) is 21.8. The number of alkyl halides is 6. The van der Waals surface area contributed by atoms with E-state index in [4.69, 9.17) is 25.9 Å². The number of H-pyrrole nitrogens is 1. The molecule has 0 fully saturated rings. The van der Waals surface area contributed by atoms with Crippen LogP contribution in [0.1, 0.15) is 67.7 Å². The van der Waals surface area contributed by atoms with Crippen LogP contribution in [0.15, 0.2) is 72.6 Å². The molecule has 3 aliphatic rings. The molecule has 2 aromatic carbocycles. The summed E-state index contributed by atoms with van der Waals surface area (Å²) in [7, 11) is -12.2. The molecule has 2 aromatic heterocycles. The van der Waals surface area contributed by atoms with Crippen LogP contribution in [0.5, 0.6) is 0 Å². The number of nitrogens with one attached hydrogen (secondary N) is 1. The average Bonchev–Trinajstić information content (AvgIpc) is 3.28. The normalized spacial score (nSPS) is 15.9. The molecule has 0 aliphatic carbocycles. The topological polar surface area (TPSA) is 139 Å². The third-order valence-electron chi connectivity index (χ3n) is 8.95. The molecule has 0 spiro atoms. The summed E-state index contributed by atoms with van der Waals surface area (Å²) < 4.78 is 123. The molecule has 4 aromatic rings. The van der Waals surface area contributed by atoms with Crippen LogP contribution in [-0.2, 0) is 26.7 Å². The van der Waals surface area contributed by atoms with E-state index in [9.17, 15) is 26.3 Å². The molecule has 9 nitrogen and oxygen atoms in total. The van der Waals surface area contributed by atoms with Crippen molar-refractivity contribution in [2.45, 2.75) is 62.9 Å². The van der Waals surface area contributed by atoms with Gasteiger partial charge in [-0.05, 0) is 65.3 Å². The number of nitrogens with zero attached hydrogens (tertiary/aromatic N) is 2. The Bertz CT molecular complexity index is 2590. The number of rotatable bonds is 3. The van der Waals surface area contributed by atoms with Crippen LogP contribution in [0.3, 0.4) is 0 Å². The summed E-state index contributed by atoms with van der Waals surface area (Å²) in [4.78, 5) is 3.48. The van der Waals surface area contributed by atoms with E-state index >= 15 is 0 Å². The highest BCUT2D eigenvalue weighted by Gasteiger charge is 2.37. The van der Waals surface area contributed by atoms with Crippen molar-refractivity contribution in [3.05, 3.63) is 117 Å². The maximum Gasteiger partial charge on any atom is 0.485 e. The number of hydrogen-bond donors (Lipinski definition) is 1. The molecule has 0 saturated carbocycles. The number of pyridine rings is 1. The molecule has 54 heavy (non-hydrogen) atoms. The van der Waals surface area contributed by atoms with Crippen molar-refractivity contribution in [1.82, 2.24) is 4.98 Å². The van der Waals surface area contributed by atoms with E-state index in [0.29, 0.717) is 5.92 Å². The van der Waals surface area contributed by atoms with Gasteiger partial charge in [0.25, 0.3) is 0 Å². The number of aromatic amines is 1. The lowest BCUT2D eigenvalue weighted by atomic mass is 9.97. The first-order valence-electron chi connectivity index (χ1n) is 16.7. The second-order valence-corrected chi connectivity index (χ2v) is 15.7. The molecule has 0 amide bonds. The van der Waals surface area contributed by atoms with Gasteiger partial charge in [-0.15, -0.1) is 0 Å². The summed E-state index contributed by atoms with van der Waals surface area (Å²) in [5.41, 5.74) is -1.99. The molecule has 0 bridgehead atoms. The van der Waals surface area contributed by atoms with Crippen LogP contribution in [0, 0.1) is 16.8 Å². The number of aryl methyl sites for hydroxylation is 1. The van der Waals surface area contributed by atoms with E-state index < -0.39 is 31.3 Å². The Morgan fingerprint density at radius 3 is 2.19 bits per heavy atom. The maximum absolute atomic E-state index is 10.7. The predicted molar refractivity (Wildman–Crippen MR) is 188 cm³/mol. The van der Waals surface area contributed by atoms with Gasteiger partial charge in [-0.25, -0.2) is 21.4 Å². The molecule has 0 unspecified atom stereocenters. The van der Waals surface area contributed by atoms with Gasteiger partial charge in [0.05, 0.1) is 10.4 Å². The number of benzene rings is 2. The Morgan fingerprint density at radius 1 is 0.852 bits per heavy atom. The fourth-order valence-electron chi connectivity index (χ4n) is 6.40. The predicted octanol–water partition coefficient (Wildman–Crippen LogP) is 6.41. The molecule has 17 heteroatoms. The fourth-order valence-corrected chi connectivity index (χ4v) is 6.40. The second kappa shape index (κ2) is 15.6. The highest BCUT2D eigenvalue weighted by atomic mass is 32.2. The molecule has 1 N–H and O–H groups in total. The first-order valence-corrected chi connectivity index (χ1v) is 19.5. The summed E-state index contributed by atoms with van der Waals surface area (Å²) in [6, 6.07) is 18.1. The monoisotopic (exact) mass is 795 g/mol. The molecular formula is C37H35F6N3O6S2. The summed E-state index contributed by atoms with van der Waals surface area (Å²) in [5, 5.41) is 5.40. The molecule has 5 heterocycles. The summed E-state index contributed by atoms with van der Waals surface area (Å²) in [5.74, 6) is 0.524. The zero-order valence-corrected chi connectivity index (χ0v) is 30.5. The van der Waals surface area contributed by atoms with Gasteiger partial charge in [-0.2, -0.15) is 30.6 Å². The van der Waals surface area contributed by atoms with Gasteiger partial charge in [0, 0.05) is 54.1 Å². The van der Waals surface area contributed by atoms with E-state index in [1.165, 1.54) is 79.5 Å². The van der Waals surface area contributed by atoms with Gasteiger partial charge in [0.1, 0.15) is 12.8 Å². The quantitative estimate of drug-likeness (QED) is 0.110. The van der Waals surface area contributed by atoms with Crippen molar-refractivity contribution in [2.75, 3.05) is 6.54 Å². The summed E-state index contributed by atoms with van der Waals surface area (Å²) in [6.45, 7) is 5.62. The van der Waals surface area contributed by atoms with Crippen LogP contribution < -0.4 is 9.46 Å². The van der Waals surface area contributed by atoms with Gasteiger partial charge >= 0.3 is 11.0 Å². The van der Waals surface area contributed by atoms with E-state index in [-0.39, 0.29) is 0 Å².